The lowest BCUT2D eigenvalue weighted by Gasteiger charge is -2.18. The van der Waals surface area contributed by atoms with Gasteiger partial charge in [-0.05, 0) is 25.1 Å². The zero-order valence-corrected chi connectivity index (χ0v) is 11.2. The summed E-state index contributed by atoms with van der Waals surface area (Å²) >= 11 is 0. The van der Waals surface area contributed by atoms with E-state index in [1.807, 2.05) is 11.6 Å². The van der Waals surface area contributed by atoms with Crippen LogP contribution < -0.4 is 5.32 Å². The van der Waals surface area contributed by atoms with E-state index in [1.54, 1.807) is 12.3 Å². The Morgan fingerprint density at radius 3 is 2.79 bits per heavy atom. The molecule has 6 heteroatoms. The predicted molar refractivity (Wildman–Crippen MR) is 70.0 cm³/mol. The summed E-state index contributed by atoms with van der Waals surface area (Å²) in [5.41, 5.74) is 1.71. The Morgan fingerprint density at radius 1 is 1.32 bits per heavy atom. The van der Waals surface area contributed by atoms with Crippen molar-refractivity contribution in [3.63, 3.8) is 0 Å². The Morgan fingerprint density at radius 2 is 2.16 bits per heavy atom. The predicted octanol–water partition coefficient (Wildman–Crippen LogP) is 1.92. The van der Waals surface area contributed by atoms with Gasteiger partial charge in [-0.1, -0.05) is 19.1 Å². The number of halogens is 1. The first-order valence-corrected chi connectivity index (χ1v) is 6.49. The van der Waals surface area contributed by atoms with Crippen LogP contribution >= 0.6 is 0 Å². The molecule has 2 heterocycles. The molecule has 0 bridgehead atoms. The lowest BCUT2D eigenvalue weighted by molar-refractivity contribution is 0.505. The quantitative estimate of drug-likeness (QED) is 0.865. The number of aryl methyl sites for hydroxylation is 1. The number of pyridine rings is 1. The highest BCUT2D eigenvalue weighted by Gasteiger charge is 2.19. The van der Waals surface area contributed by atoms with E-state index in [2.05, 4.69) is 27.5 Å². The van der Waals surface area contributed by atoms with Gasteiger partial charge in [0.25, 0.3) is 0 Å². The van der Waals surface area contributed by atoms with E-state index in [-0.39, 0.29) is 11.9 Å². The molecule has 1 atom stereocenters. The highest BCUT2D eigenvalue weighted by atomic mass is 19.1. The molecule has 0 radical (unpaired) electrons. The Labute approximate surface area is 111 Å². The van der Waals surface area contributed by atoms with Crippen LogP contribution in [-0.2, 0) is 6.54 Å². The van der Waals surface area contributed by atoms with Gasteiger partial charge in [-0.25, -0.2) is 9.07 Å². The van der Waals surface area contributed by atoms with Crippen molar-refractivity contribution in [3.8, 4) is 0 Å². The van der Waals surface area contributed by atoms with Crippen LogP contribution in [0.2, 0.25) is 0 Å². The third-order valence-electron chi connectivity index (χ3n) is 2.83. The standard InChI is InChI=1S/C13H18FN5/c1-3-7-19-12(9-17-18-19)13(15-4-2)11-6-5-10(14)8-16-11/h5-6,8-9,13,15H,3-4,7H2,1-2H3. The zero-order valence-electron chi connectivity index (χ0n) is 11.2. The fourth-order valence-corrected chi connectivity index (χ4v) is 2.00. The van der Waals surface area contributed by atoms with Crippen molar-refractivity contribution in [1.29, 1.82) is 0 Å². The minimum atomic E-state index is -0.334. The minimum Gasteiger partial charge on any atom is -0.304 e. The van der Waals surface area contributed by atoms with Gasteiger partial charge in [0.1, 0.15) is 5.82 Å². The van der Waals surface area contributed by atoms with Crippen molar-refractivity contribution < 1.29 is 4.39 Å². The largest absolute Gasteiger partial charge is 0.304 e. The van der Waals surface area contributed by atoms with Gasteiger partial charge in [0.2, 0.25) is 0 Å². The molecule has 0 aliphatic carbocycles. The zero-order chi connectivity index (χ0) is 13.7. The van der Waals surface area contributed by atoms with Gasteiger partial charge in [-0.3, -0.25) is 4.98 Å². The molecule has 1 unspecified atom stereocenters. The van der Waals surface area contributed by atoms with Crippen molar-refractivity contribution >= 4 is 0 Å². The molecule has 0 saturated carbocycles. The van der Waals surface area contributed by atoms with Gasteiger partial charge in [0, 0.05) is 6.54 Å². The second kappa shape index (κ2) is 6.38. The number of nitrogens with zero attached hydrogens (tertiary/aromatic N) is 4. The second-order valence-corrected chi connectivity index (χ2v) is 4.27. The lowest BCUT2D eigenvalue weighted by atomic mass is 10.1. The highest BCUT2D eigenvalue weighted by Crippen LogP contribution is 2.19. The Kier molecular flexibility index (Phi) is 4.57. The third-order valence-corrected chi connectivity index (χ3v) is 2.83. The van der Waals surface area contributed by atoms with Crippen LogP contribution in [0.25, 0.3) is 0 Å². The van der Waals surface area contributed by atoms with E-state index in [1.165, 1.54) is 12.3 Å². The average Bonchev–Trinajstić information content (AvgIpc) is 2.86. The van der Waals surface area contributed by atoms with E-state index < -0.39 is 0 Å². The average molecular weight is 263 g/mol. The van der Waals surface area contributed by atoms with Crippen molar-refractivity contribution in [2.24, 2.45) is 0 Å². The summed E-state index contributed by atoms with van der Waals surface area (Å²) in [5.74, 6) is -0.334. The fourth-order valence-electron chi connectivity index (χ4n) is 2.00. The second-order valence-electron chi connectivity index (χ2n) is 4.27. The third kappa shape index (κ3) is 3.14. The van der Waals surface area contributed by atoms with Crippen LogP contribution in [0.1, 0.15) is 37.7 Å². The van der Waals surface area contributed by atoms with Crippen LogP contribution in [0, 0.1) is 5.82 Å². The molecule has 102 valence electrons. The Bertz CT molecular complexity index is 508. The summed E-state index contributed by atoms with van der Waals surface area (Å²) < 4.78 is 14.8. The molecule has 19 heavy (non-hydrogen) atoms. The lowest BCUT2D eigenvalue weighted by Crippen LogP contribution is -2.25. The number of nitrogens with one attached hydrogen (secondary N) is 1. The molecule has 5 nitrogen and oxygen atoms in total. The first-order valence-electron chi connectivity index (χ1n) is 6.49. The van der Waals surface area contributed by atoms with E-state index in [9.17, 15) is 4.39 Å². The van der Waals surface area contributed by atoms with Gasteiger partial charge < -0.3 is 5.32 Å². The number of hydrogen-bond acceptors (Lipinski definition) is 4. The smallest absolute Gasteiger partial charge is 0.141 e. The number of aromatic nitrogens is 4. The molecular formula is C13H18FN5. The molecule has 0 fully saturated rings. The molecule has 2 rings (SSSR count). The van der Waals surface area contributed by atoms with Gasteiger partial charge in [-0.15, -0.1) is 5.10 Å². The van der Waals surface area contributed by atoms with Crippen LogP contribution in [0.4, 0.5) is 4.39 Å². The minimum absolute atomic E-state index is 0.118. The maximum atomic E-state index is 13.0. The van der Waals surface area contributed by atoms with Crippen LogP contribution in [0.3, 0.4) is 0 Å². The summed E-state index contributed by atoms with van der Waals surface area (Å²) in [5, 5.41) is 11.4. The first-order chi connectivity index (χ1) is 9.26. The van der Waals surface area contributed by atoms with Crippen LogP contribution in [-0.4, -0.2) is 26.5 Å². The normalized spacial score (nSPS) is 12.6. The van der Waals surface area contributed by atoms with Crippen molar-refractivity contribution in [3.05, 3.63) is 41.7 Å². The van der Waals surface area contributed by atoms with Crippen LogP contribution in [0.5, 0.6) is 0 Å². The maximum Gasteiger partial charge on any atom is 0.141 e. The molecule has 0 saturated heterocycles. The molecule has 2 aromatic rings. The molecule has 0 aromatic carbocycles. The van der Waals surface area contributed by atoms with E-state index in [0.29, 0.717) is 0 Å². The van der Waals surface area contributed by atoms with Gasteiger partial charge in [0.05, 0.1) is 29.8 Å². The Balaban J connectivity index is 2.33. The first kappa shape index (κ1) is 13.6. The van der Waals surface area contributed by atoms with E-state index in [0.717, 1.165) is 30.9 Å². The monoisotopic (exact) mass is 263 g/mol. The van der Waals surface area contributed by atoms with Crippen LogP contribution in [0.15, 0.2) is 24.5 Å². The van der Waals surface area contributed by atoms with Gasteiger partial charge in [0.15, 0.2) is 0 Å². The summed E-state index contributed by atoms with van der Waals surface area (Å²) in [6.07, 6.45) is 3.94. The molecule has 0 spiro atoms. The number of rotatable bonds is 6. The summed E-state index contributed by atoms with van der Waals surface area (Å²) in [7, 11) is 0. The molecular weight excluding hydrogens is 245 g/mol. The fraction of sp³-hybridized carbons (Fsp3) is 0.462. The SMILES string of the molecule is CCCn1nncc1C(NCC)c1ccc(F)cn1. The highest BCUT2D eigenvalue weighted by molar-refractivity contribution is 5.20. The molecule has 0 amide bonds. The summed E-state index contributed by atoms with van der Waals surface area (Å²) in [6.45, 7) is 5.69. The summed E-state index contributed by atoms with van der Waals surface area (Å²) in [6, 6.07) is 2.99. The summed E-state index contributed by atoms with van der Waals surface area (Å²) in [4.78, 5) is 4.15. The van der Waals surface area contributed by atoms with Crippen molar-refractivity contribution in [2.75, 3.05) is 6.54 Å². The molecule has 1 N–H and O–H groups in total. The van der Waals surface area contributed by atoms with E-state index in [4.69, 9.17) is 0 Å². The maximum absolute atomic E-state index is 13.0. The topological polar surface area (TPSA) is 55.6 Å². The molecule has 2 aromatic heterocycles. The van der Waals surface area contributed by atoms with Crippen molar-refractivity contribution in [1.82, 2.24) is 25.3 Å². The molecule has 0 aliphatic heterocycles. The Hall–Kier alpha value is -1.82. The van der Waals surface area contributed by atoms with Crippen molar-refractivity contribution in [2.45, 2.75) is 32.9 Å². The van der Waals surface area contributed by atoms with Gasteiger partial charge in [-0.2, -0.15) is 0 Å². The number of hydrogen-bond donors (Lipinski definition) is 1. The molecule has 0 aliphatic rings. The van der Waals surface area contributed by atoms with Gasteiger partial charge >= 0.3 is 0 Å². The van der Waals surface area contributed by atoms with E-state index >= 15 is 0 Å².